The van der Waals surface area contributed by atoms with E-state index in [2.05, 4.69) is 41.4 Å². The predicted molar refractivity (Wildman–Crippen MR) is 138 cm³/mol. The number of amides is 1. The Morgan fingerprint density at radius 2 is 1.71 bits per heavy atom. The van der Waals surface area contributed by atoms with Crippen LogP contribution in [0.5, 0.6) is 0 Å². The lowest BCUT2D eigenvalue weighted by atomic mass is 9.80. The Kier molecular flexibility index (Phi) is 5.16. The molecule has 0 spiro atoms. The van der Waals surface area contributed by atoms with E-state index in [4.69, 9.17) is 21.6 Å². The molecule has 0 radical (unpaired) electrons. The second-order valence-electron chi connectivity index (χ2n) is 9.48. The SMILES string of the molecule is NC(=O)C1CCC(C2=NC(c3ccc4ccc(-c5ccccc5)nc4c3)=C3C=NC=C[N+]23N)CC1. The van der Waals surface area contributed by atoms with Gasteiger partial charge in [0.1, 0.15) is 11.9 Å². The van der Waals surface area contributed by atoms with Crippen molar-refractivity contribution in [1.29, 1.82) is 0 Å². The fourth-order valence-corrected chi connectivity index (χ4v) is 5.40. The van der Waals surface area contributed by atoms with Gasteiger partial charge in [-0.25, -0.2) is 4.98 Å². The summed E-state index contributed by atoms with van der Waals surface area (Å²) in [4.78, 5) is 26.1. The number of primary amides is 1. The first-order valence-corrected chi connectivity index (χ1v) is 12.0. The molecule has 1 aliphatic carbocycles. The minimum absolute atomic E-state index is 0.0280. The number of pyridine rings is 1. The van der Waals surface area contributed by atoms with Crippen LogP contribution in [-0.4, -0.2) is 27.5 Å². The van der Waals surface area contributed by atoms with E-state index < -0.39 is 0 Å². The summed E-state index contributed by atoms with van der Waals surface area (Å²) in [5.41, 5.74) is 11.1. The summed E-state index contributed by atoms with van der Waals surface area (Å²) in [6.45, 7) is 0. The highest BCUT2D eigenvalue weighted by atomic mass is 16.1. The number of rotatable bonds is 4. The molecule has 174 valence electrons. The summed E-state index contributed by atoms with van der Waals surface area (Å²) in [5.74, 6) is 7.74. The third-order valence-corrected chi connectivity index (χ3v) is 7.36. The van der Waals surface area contributed by atoms with Crippen molar-refractivity contribution in [1.82, 2.24) is 4.98 Å². The van der Waals surface area contributed by atoms with Crippen molar-refractivity contribution < 1.29 is 9.39 Å². The van der Waals surface area contributed by atoms with E-state index in [1.165, 1.54) is 0 Å². The van der Waals surface area contributed by atoms with Crippen LogP contribution in [-0.2, 0) is 4.79 Å². The maximum atomic E-state index is 11.7. The molecule has 6 rings (SSSR count). The number of hydrogen-bond donors (Lipinski definition) is 2. The van der Waals surface area contributed by atoms with Gasteiger partial charge in [0.25, 0.3) is 0 Å². The number of benzene rings is 2. The molecule has 7 nitrogen and oxygen atoms in total. The molecule has 35 heavy (non-hydrogen) atoms. The third-order valence-electron chi connectivity index (χ3n) is 7.36. The van der Waals surface area contributed by atoms with Crippen LogP contribution in [0.25, 0.3) is 27.9 Å². The lowest BCUT2D eigenvalue weighted by molar-refractivity contribution is -0.754. The van der Waals surface area contributed by atoms with E-state index in [0.29, 0.717) is 0 Å². The molecule has 2 aromatic carbocycles. The van der Waals surface area contributed by atoms with Gasteiger partial charge in [0.15, 0.2) is 0 Å². The maximum Gasteiger partial charge on any atom is 0.236 e. The summed E-state index contributed by atoms with van der Waals surface area (Å²) in [6.07, 6.45) is 8.63. The minimum Gasteiger partial charge on any atom is -0.369 e. The molecule has 1 aromatic heterocycles. The zero-order valence-corrected chi connectivity index (χ0v) is 19.3. The second kappa shape index (κ2) is 8.37. The number of nitrogens with two attached hydrogens (primary N) is 2. The first-order chi connectivity index (χ1) is 17.0. The molecule has 3 aromatic rings. The number of hydrogen-bond acceptors (Lipinski definition) is 5. The number of carbonyl (C=O) groups excluding carboxylic acids is 1. The number of aliphatic imine (C=N–C) groups is 2. The quantitative estimate of drug-likeness (QED) is 0.439. The van der Waals surface area contributed by atoms with Crippen molar-refractivity contribution in [2.45, 2.75) is 25.7 Å². The summed E-state index contributed by atoms with van der Waals surface area (Å²) in [6, 6.07) is 20.5. The molecular weight excluding hydrogens is 436 g/mol. The number of aromatic nitrogens is 1. The average molecular weight is 464 g/mol. The van der Waals surface area contributed by atoms with Gasteiger partial charge >= 0.3 is 0 Å². The van der Waals surface area contributed by atoms with Crippen LogP contribution < -0.4 is 11.6 Å². The highest BCUT2D eigenvalue weighted by Crippen LogP contribution is 2.41. The zero-order chi connectivity index (χ0) is 24.0. The Hall–Kier alpha value is -3.94. The lowest BCUT2D eigenvalue weighted by Crippen LogP contribution is -2.55. The fraction of sp³-hybridized carbons (Fsp3) is 0.214. The molecule has 4 N–H and O–H groups in total. The van der Waals surface area contributed by atoms with Crippen molar-refractivity contribution in [3.63, 3.8) is 0 Å². The first kappa shape index (κ1) is 21.6. The molecule has 0 bridgehead atoms. The van der Waals surface area contributed by atoms with Gasteiger partial charge in [0.2, 0.25) is 17.4 Å². The van der Waals surface area contributed by atoms with Crippen molar-refractivity contribution in [2.24, 2.45) is 33.4 Å². The maximum absolute atomic E-state index is 11.7. The molecule has 3 heterocycles. The van der Waals surface area contributed by atoms with Gasteiger partial charge in [-0.05, 0) is 37.8 Å². The molecule has 1 saturated carbocycles. The average Bonchev–Trinajstić information content (AvgIpc) is 3.21. The minimum atomic E-state index is -0.212. The molecule has 3 aliphatic rings. The second-order valence-corrected chi connectivity index (χ2v) is 9.48. The Morgan fingerprint density at radius 1 is 0.943 bits per heavy atom. The smallest absolute Gasteiger partial charge is 0.236 e. The highest BCUT2D eigenvalue weighted by Gasteiger charge is 2.47. The lowest BCUT2D eigenvalue weighted by Gasteiger charge is -2.33. The number of carbonyl (C=O) groups is 1. The van der Waals surface area contributed by atoms with Crippen molar-refractivity contribution in [2.75, 3.05) is 0 Å². The number of nitrogens with zero attached hydrogens (tertiary/aromatic N) is 4. The van der Waals surface area contributed by atoms with E-state index >= 15 is 0 Å². The zero-order valence-electron chi connectivity index (χ0n) is 19.3. The molecule has 1 fully saturated rings. The van der Waals surface area contributed by atoms with Gasteiger partial charge < -0.3 is 5.73 Å². The van der Waals surface area contributed by atoms with Crippen molar-refractivity contribution >= 4 is 34.6 Å². The number of quaternary nitrogens is 1. The number of amidine groups is 1. The Bertz CT molecular complexity index is 1450. The summed E-state index contributed by atoms with van der Waals surface area (Å²) in [5, 5.41) is 1.07. The molecule has 0 saturated heterocycles. The van der Waals surface area contributed by atoms with Crippen molar-refractivity contribution in [3.05, 3.63) is 84.3 Å². The standard InChI is InChI=1S/C28H26N6O/c29-27(35)20-7-9-21(10-8-20)28-33-26(25-17-31-14-15-34(25,28)30)22-11-6-19-12-13-23(32-24(19)16-22)18-4-2-1-3-5-18/h1-6,11-17,20-21H,7-10,30H2,(H-,29,35)/p+1. The van der Waals surface area contributed by atoms with Crippen LogP contribution in [0.1, 0.15) is 31.2 Å². The molecule has 1 atom stereocenters. The van der Waals surface area contributed by atoms with Gasteiger partial charge in [-0.3, -0.25) is 9.79 Å². The van der Waals surface area contributed by atoms with Gasteiger partial charge in [0, 0.05) is 22.4 Å². The normalized spacial score (nSPS) is 25.6. The predicted octanol–water partition coefficient (Wildman–Crippen LogP) is 4.52. The highest BCUT2D eigenvalue weighted by molar-refractivity contribution is 6.01. The van der Waals surface area contributed by atoms with Crippen LogP contribution in [0.2, 0.25) is 0 Å². The number of fused-ring (bicyclic) bond motifs is 2. The van der Waals surface area contributed by atoms with Crippen LogP contribution in [0.4, 0.5) is 0 Å². The van der Waals surface area contributed by atoms with Crippen LogP contribution in [0.15, 0.2) is 88.7 Å². The Balaban J connectivity index is 1.40. The Morgan fingerprint density at radius 3 is 2.49 bits per heavy atom. The third kappa shape index (κ3) is 3.69. The van der Waals surface area contributed by atoms with Gasteiger partial charge in [-0.15, -0.1) is 4.59 Å². The van der Waals surface area contributed by atoms with Gasteiger partial charge in [-0.2, -0.15) is 10.8 Å². The number of allylic oxidation sites excluding steroid dienone is 1. The molecule has 2 aliphatic heterocycles. The monoisotopic (exact) mass is 463 g/mol. The fourth-order valence-electron chi connectivity index (χ4n) is 5.40. The van der Waals surface area contributed by atoms with Gasteiger partial charge in [0.05, 0.1) is 29.5 Å². The van der Waals surface area contributed by atoms with Crippen LogP contribution >= 0.6 is 0 Å². The van der Waals surface area contributed by atoms with E-state index in [1.54, 1.807) is 12.4 Å². The topological polar surface area (TPSA) is 107 Å². The molecule has 1 unspecified atom stereocenters. The summed E-state index contributed by atoms with van der Waals surface area (Å²) < 4.78 is 0.0280. The molecular formula is C28H27N6O+. The van der Waals surface area contributed by atoms with Crippen molar-refractivity contribution in [3.8, 4) is 11.3 Å². The molecule has 1 amide bonds. The van der Waals surface area contributed by atoms with Gasteiger partial charge in [-0.1, -0.05) is 48.5 Å². The van der Waals surface area contributed by atoms with E-state index in [0.717, 1.165) is 70.6 Å². The first-order valence-electron chi connectivity index (χ1n) is 12.0. The largest absolute Gasteiger partial charge is 0.369 e. The van der Waals surface area contributed by atoms with Crippen LogP contribution in [0, 0.1) is 11.8 Å². The van der Waals surface area contributed by atoms with E-state index in [-0.39, 0.29) is 22.3 Å². The molecule has 7 heteroatoms. The Labute approximate surface area is 203 Å². The summed E-state index contributed by atoms with van der Waals surface area (Å²) in [7, 11) is 0. The van der Waals surface area contributed by atoms with Crippen LogP contribution in [0.3, 0.4) is 0 Å². The van der Waals surface area contributed by atoms with E-state index in [1.807, 2.05) is 30.5 Å². The van der Waals surface area contributed by atoms with E-state index in [9.17, 15) is 4.79 Å². The summed E-state index contributed by atoms with van der Waals surface area (Å²) >= 11 is 0.